The lowest BCUT2D eigenvalue weighted by atomic mass is 9.98. The van der Waals surface area contributed by atoms with Gasteiger partial charge in [-0.3, -0.25) is 4.72 Å². The monoisotopic (exact) mass is 379 g/mol. The summed E-state index contributed by atoms with van der Waals surface area (Å²) in [5.74, 6) is 0.00880. The fourth-order valence-corrected chi connectivity index (χ4v) is 3.91. The Morgan fingerprint density at radius 2 is 2.05 bits per heavy atom. The van der Waals surface area contributed by atoms with Gasteiger partial charge in [0.2, 0.25) is 0 Å². The van der Waals surface area contributed by atoms with Crippen molar-refractivity contribution in [3.63, 3.8) is 0 Å². The lowest BCUT2D eigenvalue weighted by Crippen LogP contribution is -2.43. The maximum Gasteiger partial charge on any atom is 0.301 e. The molecule has 8 heteroatoms. The zero-order chi connectivity index (χ0) is 15.5. The number of anilines is 1. The first-order valence-electron chi connectivity index (χ1n) is 6.80. The molecule has 0 saturated carbocycles. The van der Waals surface area contributed by atoms with Crippen LogP contribution in [0.15, 0.2) is 22.7 Å². The van der Waals surface area contributed by atoms with Gasteiger partial charge in [0.25, 0.3) is 0 Å². The highest BCUT2D eigenvalue weighted by Gasteiger charge is 2.27. The number of nitrogens with one attached hydrogen (secondary N) is 2. The summed E-state index contributed by atoms with van der Waals surface area (Å²) in [5, 5.41) is 3.11. The SMILES string of the molecule is CNCC1CCN(S(=O)(=O)Nc2ccc(Br)c(F)c2)CC1. The number of benzene rings is 1. The van der Waals surface area contributed by atoms with E-state index >= 15 is 0 Å². The van der Waals surface area contributed by atoms with Crippen LogP contribution in [0.1, 0.15) is 12.8 Å². The van der Waals surface area contributed by atoms with Crippen LogP contribution in [-0.4, -0.2) is 39.4 Å². The van der Waals surface area contributed by atoms with Gasteiger partial charge in [-0.1, -0.05) is 0 Å². The molecule has 0 atom stereocenters. The third-order valence-corrected chi connectivity index (χ3v) is 5.75. The van der Waals surface area contributed by atoms with Crippen LogP contribution in [0.3, 0.4) is 0 Å². The highest BCUT2D eigenvalue weighted by Crippen LogP contribution is 2.23. The number of piperidine rings is 1. The number of hydrogen-bond acceptors (Lipinski definition) is 3. The largest absolute Gasteiger partial charge is 0.319 e. The molecule has 0 aliphatic carbocycles. The van der Waals surface area contributed by atoms with Crippen LogP contribution in [0, 0.1) is 11.7 Å². The van der Waals surface area contributed by atoms with Crippen LogP contribution in [0.4, 0.5) is 10.1 Å². The number of hydrogen-bond donors (Lipinski definition) is 2. The molecule has 0 amide bonds. The summed E-state index contributed by atoms with van der Waals surface area (Å²) < 4.78 is 42.1. The average Bonchev–Trinajstić information content (AvgIpc) is 2.44. The lowest BCUT2D eigenvalue weighted by molar-refractivity contribution is 0.272. The molecule has 2 rings (SSSR count). The minimum atomic E-state index is -3.62. The Kier molecular flexibility index (Phi) is 5.59. The molecule has 118 valence electrons. The maximum absolute atomic E-state index is 13.4. The third-order valence-electron chi connectivity index (χ3n) is 3.57. The zero-order valence-electron chi connectivity index (χ0n) is 11.8. The van der Waals surface area contributed by atoms with Crippen LogP contribution in [0.25, 0.3) is 0 Å². The molecule has 1 aromatic rings. The molecule has 1 fully saturated rings. The number of nitrogens with zero attached hydrogens (tertiary/aromatic N) is 1. The molecule has 1 saturated heterocycles. The van der Waals surface area contributed by atoms with Crippen molar-refractivity contribution in [3.8, 4) is 0 Å². The van der Waals surface area contributed by atoms with Crippen LogP contribution in [-0.2, 0) is 10.2 Å². The van der Waals surface area contributed by atoms with E-state index in [4.69, 9.17) is 0 Å². The van der Waals surface area contributed by atoms with Gasteiger partial charge in [0.15, 0.2) is 0 Å². The Morgan fingerprint density at radius 3 is 2.62 bits per heavy atom. The average molecular weight is 380 g/mol. The zero-order valence-corrected chi connectivity index (χ0v) is 14.2. The van der Waals surface area contributed by atoms with Gasteiger partial charge in [-0.2, -0.15) is 12.7 Å². The van der Waals surface area contributed by atoms with E-state index in [-0.39, 0.29) is 5.69 Å². The molecule has 21 heavy (non-hydrogen) atoms. The summed E-state index contributed by atoms with van der Waals surface area (Å²) in [7, 11) is -1.73. The molecular weight excluding hydrogens is 361 g/mol. The fraction of sp³-hybridized carbons (Fsp3) is 0.538. The summed E-state index contributed by atoms with van der Waals surface area (Å²) >= 11 is 3.04. The van der Waals surface area contributed by atoms with Gasteiger partial charge >= 0.3 is 10.2 Å². The molecule has 0 spiro atoms. The molecule has 1 aromatic carbocycles. The van der Waals surface area contributed by atoms with E-state index in [2.05, 4.69) is 26.0 Å². The Balaban J connectivity index is 2.00. The van der Waals surface area contributed by atoms with E-state index in [1.165, 1.54) is 16.4 Å². The first-order chi connectivity index (χ1) is 9.92. The molecule has 1 aliphatic heterocycles. The second kappa shape index (κ2) is 7.04. The second-order valence-electron chi connectivity index (χ2n) is 5.14. The lowest BCUT2D eigenvalue weighted by Gasteiger charge is -2.31. The van der Waals surface area contributed by atoms with Gasteiger partial charge in [-0.05, 0) is 66.5 Å². The van der Waals surface area contributed by atoms with Crippen molar-refractivity contribution < 1.29 is 12.8 Å². The number of rotatable bonds is 5. The van der Waals surface area contributed by atoms with Crippen LogP contribution < -0.4 is 10.0 Å². The summed E-state index contributed by atoms with van der Waals surface area (Å²) in [4.78, 5) is 0. The second-order valence-corrected chi connectivity index (χ2v) is 7.66. The minimum Gasteiger partial charge on any atom is -0.319 e. The van der Waals surface area contributed by atoms with Crippen molar-refractivity contribution in [2.75, 3.05) is 31.4 Å². The summed E-state index contributed by atoms with van der Waals surface area (Å²) in [5.41, 5.74) is 0.230. The van der Waals surface area contributed by atoms with Crippen molar-refractivity contribution in [2.45, 2.75) is 12.8 Å². The smallest absolute Gasteiger partial charge is 0.301 e. The molecule has 0 radical (unpaired) electrons. The van der Waals surface area contributed by atoms with Crippen LogP contribution in [0.2, 0.25) is 0 Å². The fourth-order valence-electron chi connectivity index (χ4n) is 2.42. The highest BCUT2D eigenvalue weighted by atomic mass is 79.9. The summed E-state index contributed by atoms with van der Waals surface area (Å²) in [6.45, 7) is 1.88. The van der Waals surface area contributed by atoms with Gasteiger partial charge in [-0.25, -0.2) is 4.39 Å². The summed E-state index contributed by atoms with van der Waals surface area (Å²) in [6, 6.07) is 4.17. The first kappa shape index (κ1) is 16.7. The van der Waals surface area contributed by atoms with Crippen molar-refractivity contribution in [1.82, 2.24) is 9.62 Å². The van der Waals surface area contributed by atoms with Crippen molar-refractivity contribution in [3.05, 3.63) is 28.5 Å². The van der Waals surface area contributed by atoms with Gasteiger partial charge in [0, 0.05) is 13.1 Å². The van der Waals surface area contributed by atoms with E-state index in [1.54, 1.807) is 0 Å². The van der Waals surface area contributed by atoms with Crippen molar-refractivity contribution in [2.24, 2.45) is 5.92 Å². The maximum atomic E-state index is 13.4. The van der Waals surface area contributed by atoms with E-state index in [9.17, 15) is 12.8 Å². The molecule has 0 aromatic heterocycles. The Labute approximate surface area is 133 Å². The minimum absolute atomic E-state index is 0.230. The topological polar surface area (TPSA) is 61.4 Å². The highest BCUT2D eigenvalue weighted by molar-refractivity contribution is 9.10. The Bertz CT molecular complexity index is 589. The quantitative estimate of drug-likeness (QED) is 0.823. The molecule has 1 aliphatic rings. The molecule has 1 heterocycles. The van der Waals surface area contributed by atoms with Gasteiger partial charge in [0.05, 0.1) is 10.2 Å². The Morgan fingerprint density at radius 1 is 1.38 bits per heavy atom. The molecular formula is C13H19BrFN3O2S. The predicted octanol–water partition coefficient (Wildman–Crippen LogP) is 2.18. The van der Waals surface area contributed by atoms with E-state index in [0.717, 1.165) is 25.5 Å². The summed E-state index contributed by atoms with van der Waals surface area (Å²) in [6.07, 6.45) is 1.66. The van der Waals surface area contributed by atoms with E-state index in [0.29, 0.717) is 23.5 Å². The number of halogens is 2. The Hall–Kier alpha value is -0.700. The normalized spacial score (nSPS) is 17.9. The van der Waals surface area contributed by atoms with E-state index in [1.807, 2.05) is 7.05 Å². The van der Waals surface area contributed by atoms with E-state index < -0.39 is 16.0 Å². The van der Waals surface area contributed by atoms with Gasteiger partial charge in [-0.15, -0.1) is 0 Å². The van der Waals surface area contributed by atoms with Crippen molar-refractivity contribution in [1.29, 1.82) is 0 Å². The predicted molar refractivity (Wildman–Crippen MR) is 84.9 cm³/mol. The molecule has 2 N–H and O–H groups in total. The first-order valence-corrected chi connectivity index (χ1v) is 9.03. The van der Waals surface area contributed by atoms with Crippen molar-refractivity contribution >= 4 is 31.8 Å². The molecule has 5 nitrogen and oxygen atoms in total. The van der Waals surface area contributed by atoms with Gasteiger partial charge < -0.3 is 5.32 Å². The standard InChI is InChI=1S/C13H19BrFN3O2S/c1-16-9-10-4-6-18(7-5-10)21(19,20)17-11-2-3-12(14)13(15)8-11/h2-3,8,10,16-17H,4-7,9H2,1H3. The van der Waals surface area contributed by atoms with Crippen LogP contribution >= 0.6 is 15.9 Å². The molecule has 0 bridgehead atoms. The van der Waals surface area contributed by atoms with Gasteiger partial charge in [0.1, 0.15) is 5.82 Å². The molecule has 0 unspecified atom stereocenters. The van der Waals surface area contributed by atoms with Crippen LogP contribution in [0.5, 0.6) is 0 Å². The third kappa shape index (κ3) is 4.38.